The van der Waals surface area contributed by atoms with Gasteiger partial charge in [-0.15, -0.1) is 0 Å². The number of guanidine groups is 1. The Morgan fingerprint density at radius 3 is 2.50 bits per heavy atom. The number of nitrogens with two attached hydrogens (primary N) is 1. The largest absolute Gasteiger partial charge is 0.384 e. The second kappa shape index (κ2) is 7.18. The molecule has 7 nitrogen and oxygen atoms in total. The Morgan fingerprint density at radius 1 is 1.38 bits per heavy atom. The van der Waals surface area contributed by atoms with Crippen molar-refractivity contribution in [1.29, 1.82) is 5.41 Å². The van der Waals surface area contributed by atoms with Crippen LogP contribution in [0.3, 0.4) is 0 Å². The molecule has 0 unspecified atom stereocenters. The smallest absolute Gasteiger partial charge is 0.258 e. The fraction of sp³-hybridized carbons (Fsp3) is 0.500. The summed E-state index contributed by atoms with van der Waals surface area (Å²) in [6.07, 6.45) is -0.456. The van der Waals surface area contributed by atoms with Crippen molar-refractivity contribution in [3.8, 4) is 0 Å². The molecule has 1 aliphatic carbocycles. The van der Waals surface area contributed by atoms with E-state index in [0.717, 1.165) is 0 Å². The van der Waals surface area contributed by atoms with E-state index in [2.05, 4.69) is 10.6 Å². The number of anilines is 1. The summed E-state index contributed by atoms with van der Waals surface area (Å²) in [4.78, 5) is 12.0. The molecule has 5 N–H and O–H groups in total. The number of halogens is 2. The van der Waals surface area contributed by atoms with Gasteiger partial charge < -0.3 is 11.1 Å². The van der Waals surface area contributed by atoms with Gasteiger partial charge in [0, 0.05) is 24.9 Å². The predicted octanol–water partition coefficient (Wildman–Crippen LogP) is 1.87. The summed E-state index contributed by atoms with van der Waals surface area (Å²) in [6, 6.07) is 2.72. The number of carbonyl (C=O) groups excluding carboxylic acids is 1. The van der Waals surface area contributed by atoms with E-state index in [1.165, 1.54) is 19.1 Å². The fourth-order valence-corrected chi connectivity index (χ4v) is 3.93. The van der Waals surface area contributed by atoms with Crippen LogP contribution in [-0.2, 0) is 9.84 Å². The van der Waals surface area contributed by atoms with Crippen LogP contribution in [0.4, 0.5) is 14.5 Å². The number of carbonyl (C=O) groups is 1. The van der Waals surface area contributed by atoms with Gasteiger partial charge in [-0.25, -0.2) is 17.2 Å². The zero-order valence-electron chi connectivity index (χ0n) is 14.5. The van der Waals surface area contributed by atoms with Crippen LogP contribution in [-0.4, -0.2) is 38.5 Å². The first-order chi connectivity index (χ1) is 11.9. The number of aryl methyl sites for hydroxylation is 1. The number of amides is 1. The number of alkyl halides is 2. The Labute approximate surface area is 150 Å². The minimum atomic E-state index is -3.67. The summed E-state index contributed by atoms with van der Waals surface area (Å²) in [6.45, 7) is 3.31. The monoisotopic (exact) mass is 388 g/mol. The fourth-order valence-electron chi connectivity index (χ4n) is 2.86. The third-order valence-corrected chi connectivity index (χ3v) is 6.06. The Bertz CT molecular complexity index is 832. The average molecular weight is 388 g/mol. The molecule has 144 valence electrons. The Morgan fingerprint density at radius 2 is 2.00 bits per heavy atom. The van der Waals surface area contributed by atoms with Crippen LogP contribution >= 0.6 is 0 Å². The molecule has 1 aliphatic rings. The van der Waals surface area contributed by atoms with Gasteiger partial charge >= 0.3 is 0 Å². The van der Waals surface area contributed by atoms with Gasteiger partial charge in [-0.1, -0.05) is 6.92 Å². The van der Waals surface area contributed by atoms with E-state index in [9.17, 15) is 22.0 Å². The van der Waals surface area contributed by atoms with E-state index in [0.29, 0.717) is 5.56 Å². The van der Waals surface area contributed by atoms with Crippen molar-refractivity contribution >= 4 is 27.4 Å². The van der Waals surface area contributed by atoms with Crippen molar-refractivity contribution in [2.75, 3.05) is 17.6 Å². The Hall–Kier alpha value is -2.23. The van der Waals surface area contributed by atoms with Gasteiger partial charge in [0.05, 0.1) is 16.3 Å². The minimum Gasteiger partial charge on any atom is -0.384 e. The molecule has 0 aromatic heterocycles. The van der Waals surface area contributed by atoms with Crippen molar-refractivity contribution in [3.05, 3.63) is 23.3 Å². The quantitative estimate of drug-likeness (QED) is 0.437. The maximum Gasteiger partial charge on any atom is 0.258 e. The maximum absolute atomic E-state index is 13.0. The molecular weight excluding hydrogens is 366 g/mol. The Kier molecular flexibility index (Phi) is 5.55. The SMILES string of the molecule is CCS(=O)(=O)c1cc(C(=O)NC(=N)N)c(C)cc1NCC1CC(F)(F)C1. The topological polar surface area (TPSA) is 125 Å². The summed E-state index contributed by atoms with van der Waals surface area (Å²) in [5, 5.41) is 12.2. The van der Waals surface area contributed by atoms with E-state index in [-0.39, 0.29) is 47.2 Å². The van der Waals surface area contributed by atoms with Crippen LogP contribution in [0.5, 0.6) is 0 Å². The highest BCUT2D eigenvalue weighted by molar-refractivity contribution is 7.91. The van der Waals surface area contributed by atoms with Crippen molar-refractivity contribution < 1.29 is 22.0 Å². The third-order valence-electron chi connectivity index (χ3n) is 4.29. The normalized spacial score (nSPS) is 16.6. The first kappa shape index (κ1) is 20.1. The molecule has 10 heteroatoms. The summed E-state index contributed by atoms with van der Waals surface area (Å²) in [7, 11) is -3.67. The molecule has 0 bridgehead atoms. The lowest BCUT2D eigenvalue weighted by molar-refractivity contribution is -0.106. The van der Waals surface area contributed by atoms with Crippen LogP contribution in [0.2, 0.25) is 0 Å². The lowest BCUT2D eigenvalue weighted by atomic mass is 9.81. The van der Waals surface area contributed by atoms with Gasteiger partial charge in [0.2, 0.25) is 5.92 Å². The maximum atomic E-state index is 13.0. The molecule has 26 heavy (non-hydrogen) atoms. The van der Waals surface area contributed by atoms with Crippen LogP contribution in [0, 0.1) is 18.3 Å². The molecule has 1 aromatic carbocycles. The van der Waals surface area contributed by atoms with Gasteiger partial charge in [-0.05, 0) is 30.5 Å². The van der Waals surface area contributed by atoms with Gasteiger partial charge in [-0.2, -0.15) is 0 Å². The van der Waals surface area contributed by atoms with Gasteiger partial charge in [0.25, 0.3) is 5.91 Å². The number of benzene rings is 1. The van der Waals surface area contributed by atoms with Gasteiger partial charge in [0.15, 0.2) is 15.8 Å². The Balaban J connectivity index is 2.33. The second-order valence-electron chi connectivity index (χ2n) is 6.45. The standard InChI is InChI=1S/C16H22F2N4O3S/c1-3-26(24,25)13-5-11(14(23)22-15(19)20)9(2)4-12(13)21-8-10-6-16(17,18)7-10/h4-5,10,21H,3,6-8H2,1-2H3,(H4,19,20,22,23). The summed E-state index contributed by atoms with van der Waals surface area (Å²) in [5.74, 6) is -4.30. The van der Waals surface area contributed by atoms with Crippen LogP contribution < -0.4 is 16.4 Å². The van der Waals surface area contributed by atoms with E-state index in [4.69, 9.17) is 11.1 Å². The molecule has 1 amide bonds. The molecule has 2 rings (SSSR count). The molecule has 0 heterocycles. The summed E-state index contributed by atoms with van der Waals surface area (Å²) in [5.41, 5.74) is 5.97. The number of sulfone groups is 1. The molecule has 1 saturated carbocycles. The first-order valence-corrected chi connectivity index (χ1v) is 9.75. The van der Waals surface area contributed by atoms with E-state index < -0.39 is 27.6 Å². The molecule has 0 atom stereocenters. The van der Waals surface area contributed by atoms with Crippen molar-refractivity contribution in [1.82, 2.24) is 5.32 Å². The summed E-state index contributed by atoms with van der Waals surface area (Å²) < 4.78 is 50.7. The summed E-state index contributed by atoms with van der Waals surface area (Å²) >= 11 is 0. The molecule has 1 fully saturated rings. The van der Waals surface area contributed by atoms with E-state index in [1.54, 1.807) is 6.92 Å². The van der Waals surface area contributed by atoms with E-state index in [1.807, 2.05) is 0 Å². The van der Waals surface area contributed by atoms with Crippen molar-refractivity contribution in [2.24, 2.45) is 11.7 Å². The van der Waals surface area contributed by atoms with Crippen molar-refractivity contribution in [3.63, 3.8) is 0 Å². The van der Waals surface area contributed by atoms with Crippen LogP contribution in [0.15, 0.2) is 17.0 Å². The number of rotatable bonds is 6. The molecule has 0 radical (unpaired) electrons. The molecule has 0 saturated heterocycles. The minimum absolute atomic E-state index is 0.0768. The average Bonchev–Trinajstić information content (AvgIpc) is 2.49. The zero-order chi connectivity index (χ0) is 19.7. The predicted molar refractivity (Wildman–Crippen MR) is 94.4 cm³/mol. The first-order valence-electron chi connectivity index (χ1n) is 8.09. The third kappa shape index (κ3) is 4.48. The molecule has 0 spiro atoms. The molecule has 0 aliphatic heterocycles. The van der Waals surface area contributed by atoms with Gasteiger partial charge in [-0.3, -0.25) is 15.5 Å². The van der Waals surface area contributed by atoms with Crippen LogP contribution in [0.25, 0.3) is 0 Å². The zero-order valence-corrected chi connectivity index (χ0v) is 15.3. The lowest BCUT2D eigenvalue weighted by Gasteiger charge is -2.35. The van der Waals surface area contributed by atoms with E-state index >= 15 is 0 Å². The lowest BCUT2D eigenvalue weighted by Crippen LogP contribution is -2.39. The molecular formula is C16H22F2N4O3S. The highest BCUT2D eigenvalue weighted by atomic mass is 32.2. The highest BCUT2D eigenvalue weighted by Gasteiger charge is 2.44. The number of nitrogens with one attached hydrogen (secondary N) is 3. The number of hydrogen-bond donors (Lipinski definition) is 4. The number of hydrogen-bond acceptors (Lipinski definition) is 5. The van der Waals surface area contributed by atoms with Gasteiger partial charge in [0.1, 0.15) is 0 Å². The molecule has 1 aromatic rings. The highest BCUT2D eigenvalue weighted by Crippen LogP contribution is 2.42. The van der Waals surface area contributed by atoms with Crippen molar-refractivity contribution in [2.45, 2.75) is 37.5 Å². The van der Waals surface area contributed by atoms with Crippen LogP contribution in [0.1, 0.15) is 35.7 Å². The second-order valence-corrected chi connectivity index (χ2v) is 8.69.